The molecule has 134 valence electrons. The fraction of sp³-hybridized carbons (Fsp3) is 0.235. The standard InChI is InChI=1S/C17H13ClF4O3/c1-2-24-16(23)10-3-6-14(18)15(8-10)25-9-11-7-12(19)4-5-13(11)17(20,21)22/h3-8H,2,9H2,1H3. The second kappa shape index (κ2) is 7.74. The molecule has 0 aliphatic heterocycles. The summed E-state index contributed by atoms with van der Waals surface area (Å²) < 4.78 is 62.3. The van der Waals surface area contributed by atoms with E-state index < -0.39 is 30.1 Å². The van der Waals surface area contributed by atoms with Crippen LogP contribution < -0.4 is 4.74 Å². The summed E-state index contributed by atoms with van der Waals surface area (Å²) in [5.41, 5.74) is -1.26. The van der Waals surface area contributed by atoms with Crippen LogP contribution in [0.25, 0.3) is 0 Å². The van der Waals surface area contributed by atoms with Gasteiger partial charge < -0.3 is 9.47 Å². The normalized spacial score (nSPS) is 11.3. The first-order valence-electron chi connectivity index (χ1n) is 7.17. The molecule has 0 aliphatic carbocycles. The Morgan fingerprint density at radius 1 is 1.16 bits per heavy atom. The lowest BCUT2D eigenvalue weighted by atomic mass is 10.1. The van der Waals surface area contributed by atoms with Crippen molar-refractivity contribution in [2.45, 2.75) is 19.7 Å². The Bertz CT molecular complexity index is 775. The molecule has 0 radical (unpaired) electrons. The van der Waals surface area contributed by atoms with E-state index in [-0.39, 0.29) is 28.5 Å². The smallest absolute Gasteiger partial charge is 0.416 e. The molecule has 2 aromatic rings. The van der Waals surface area contributed by atoms with Crippen molar-refractivity contribution < 1.29 is 31.8 Å². The van der Waals surface area contributed by atoms with E-state index in [4.69, 9.17) is 21.1 Å². The quantitative estimate of drug-likeness (QED) is 0.528. The Balaban J connectivity index is 2.26. The number of benzene rings is 2. The number of hydrogen-bond donors (Lipinski definition) is 0. The largest absolute Gasteiger partial charge is 0.487 e. The number of hydrogen-bond acceptors (Lipinski definition) is 3. The summed E-state index contributed by atoms with van der Waals surface area (Å²) in [5, 5.41) is 0.0954. The maximum absolute atomic E-state index is 13.3. The SMILES string of the molecule is CCOC(=O)c1ccc(Cl)c(OCc2cc(F)ccc2C(F)(F)F)c1. The van der Waals surface area contributed by atoms with Crippen molar-refractivity contribution in [2.75, 3.05) is 6.61 Å². The lowest BCUT2D eigenvalue weighted by Crippen LogP contribution is -2.11. The molecule has 0 unspecified atom stereocenters. The number of halogens is 5. The lowest BCUT2D eigenvalue weighted by molar-refractivity contribution is -0.138. The third kappa shape index (κ3) is 4.85. The zero-order chi connectivity index (χ0) is 18.6. The second-order valence-corrected chi connectivity index (χ2v) is 5.36. The van der Waals surface area contributed by atoms with Crippen molar-refractivity contribution >= 4 is 17.6 Å². The molecule has 0 spiro atoms. The minimum atomic E-state index is -4.65. The fourth-order valence-electron chi connectivity index (χ4n) is 2.07. The van der Waals surface area contributed by atoms with Gasteiger partial charge in [-0.15, -0.1) is 0 Å². The Kier molecular flexibility index (Phi) is 5.89. The minimum absolute atomic E-state index is 0.00962. The Labute approximate surface area is 146 Å². The van der Waals surface area contributed by atoms with Gasteiger partial charge in [0.05, 0.1) is 22.8 Å². The van der Waals surface area contributed by atoms with Crippen LogP contribution >= 0.6 is 11.6 Å². The highest BCUT2D eigenvalue weighted by molar-refractivity contribution is 6.32. The van der Waals surface area contributed by atoms with Crippen LogP contribution in [0, 0.1) is 5.82 Å². The highest BCUT2D eigenvalue weighted by Crippen LogP contribution is 2.34. The molecule has 0 saturated heterocycles. The topological polar surface area (TPSA) is 35.5 Å². The van der Waals surface area contributed by atoms with Crippen molar-refractivity contribution in [1.82, 2.24) is 0 Å². The summed E-state index contributed by atoms with van der Waals surface area (Å²) in [6.07, 6.45) is -4.65. The third-order valence-electron chi connectivity index (χ3n) is 3.20. The van der Waals surface area contributed by atoms with E-state index in [2.05, 4.69) is 0 Å². The van der Waals surface area contributed by atoms with Gasteiger partial charge in [-0.05, 0) is 43.3 Å². The van der Waals surface area contributed by atoms with Crippen molar-refractivity contribution in [3.8, 4) is 5.75 Å². The molecule has 2 aromatic carbocycles. The molecule has 0 fully saturated rings. The first-order chi connectivity index (χ1) is 11.7. The van der Waals surface area contributed by atoms with Crippen molar-refractivity contribution in [3.05, 3.63) is 63.9 Å². The number of carbonyl (C=O) groups excluding carboxylic acids is 1. The number of carbonyl (C=O) groups is 1. The first-order valence-corrected chi connectivity index (χ1v) is 7.55. The summed E-state index contributed by atoms with van der Waals surface area (Å²) in [4.78, 5) is 11.7. The molecule has 8 heteroatoms. The molecule has 0 amide bonds. The van der Waals surface area contributed by atoms with Gasteiger partial charge in [0.2, 0.25) is 0 Å². The van der Waals surface area contributed by atoms with Crippen LogP contribution in [0.3, 0.4) is 0 Å². The van der Waals surface area contributed by atoms with Gasteiger partial charge >= 0.3 is 12.1 Å². The van der Waals surface area contributed by atoms with Crippen molar-refractivity contribution in [3.63, 3.8) is 0 Å². The van der Waals surface area contributed by atoms with Gasteiger partial charge in [-0.3, -0.25) is 0 Å². The van der Waals surface area contributed by atoms with Crippen LogP contribution in [0.15, 0.2) is 36.4 Å². The second-order valence-electron chi connectivity index (χ2n) is 4.95. The zero-order valence-corrected chi connectivity index (χ0v) is 13.7. The number of alkyl halides is 3. The Morgan fingerprint density at radius 3 is 2.52 bits per heavy atom. The Hall–Kier alpha value is -2.28. The summed E-state index contributed by atoms with van der Waals surface area (Å²) in [6.45, 7) is 1.22. The highest BCUT2D eigenvalue weighted by atomic mass is 35.5. The minimum Gasteiger partial charge on any atom is -0.487 e. The van der Waals surface area contributed by atoms with Crippen LogP contribution in [0.2, 0.25) is 5.02 Å². The highest BCUT2D eigenvalue weighted by Gasteiger charge is 2.33. The van der Waals surface area contributed by atoms with Crippen LogP contribution in [-0.4, -0.2) is 12.6 Å². The van der Waals surface area contributed by atoms with E-state index in [9.17, 15) is 22.4 Å². The van der Waals surface area contributed by atoms with Gasteiger partial charge in [-0.2, -0.15) is 13.2 Å². The molecule has 25 heavy (non-hydrogen) atoms. The molecule has 0 bridgehead atoms. The summed E-state index contributed by atoms with van der Waals surface area (Å²) in [6, 6.07) is 6.13. The van der Waals surface area contributed by atoms with E-state index in [0.717, 1.165) is 12.1 Å². The number of esters is 1. The third-order valence-corrected chi connectivity index (χ3v) is 3.51. The maximum atomic E-state index is 13.3. The average molecular weight is 377 g/mol. The molecular weight excluding hydrogens is 364 g/mol. The molecule has 3 nitrogen and oxygen atoms in total. The molecule has 0 aromatic heterocycles. The van der Waals surface area contributed by atoms with Crippen LogP contribution in [-0.2, 0) is 17.5 Å². The van der Waals surface area contributed by atoms with Crippen LogP contribution in [0.4, 0.5) is 17.6 Å². The molecule has 0 atom stereocenters. The van der Waals surface area contributed by atoms with Gasteiger partial charge in [0, 0.05) is 5.56 Å². The van der Waals surface area contributed by atoms with Crippen LogP contribution in [0.1, 0.15) is 28.4 Å². The lowest BCUT2D eigenvalue weighted by Gasteiger charge is -2.15. The van der Waals surface area contributed by atoms with E-state index >= 15 is 0 Å². The number of ether oxygens (including phenoxy) is 2. The molecule has 0 saturated carbocycles. The van der Waals surface area contributed by atoms with E-state index in [1.165, 1.54) is 18.2 Å². The molecular formula is C17H13ClF4O3. The summed E-state index contributed by atoms with van der Waals surface area (Å²) in [7, 11) is 0. The van der Waals surface area contributed by atoms with Crippen molar-refractivity contribution in [1.29, 1.82) is 0 Å². The molecule has 0 N–H and O–H groups in total. The summed E-state index contributed by atoms with van der Waals surface area (Å²) in [5.74, 6) is -1.45. The van der Waals surface area contributed by atoms with Gasteiger partial charge in [0.25, 0.3) is 0 Å². The fourth-order valence-corrected chi connectivity index (χ4v) is 2.24. The maximum Gasteiger partial charge on any atom is 0.416 e. The summed E-state index contributed by atoms with van der Waals surface area (Å²) >= 11 is 5.93. The predicted octanol–water partition coefficient (Wildman–Crippen LogP) is 5.25. The first kappa shape index (κ1) is 19.1. The van der Waals surface area contributed by atoms with Gasteiger partial charge in [0.1, 0.15) is 18.2 Å². The predicted molar refractivity (Wildman–Crippen MR) is 83.1 cm³/mol. The van der Waals surface area contributed by atoms with Crippen molar-refractivity contribution in [2.24, 2.45) is 0 Å². The monoisotopic (exact) mass is 376 g/mol. The molecule has 2 rings (SSSR count). The van der Waals surface area contributed by atoms with Gasteiger partial charge in [-0.25, -0.2) is 9.18 Å². The zero-order valence-electron chi connectivity index (χ0n) is 13.0. The van der Waals surface area contributed by atoms with E-state index in [1.807, 2.05) is 0 Å². The average Bonchev–Trinajstić information content (AvgIpc) is 2.53. The Morgan fingerprint density at radius 2 is 1.88 bits per heavy atom. The van der Waals surface area contributed by atoms with E-state index in [0.29, 0.717) is 6.07 Å². The number of rotatable bonds is 5. The molecule has 0 heterocycles. The van der Waals surface area contributed by atoms with Gasteiger partial charge in [-0.1, -0.05) is 11.6 Å². The van der Waals surface area contributed by atoms with Gasteiger partial charge in [0.15, 0.2) is 0 Å². The van der Waals surface area contributed by atoms with E-state index in [1.54, 1.807) is 6.92 Å². The molecule has 0 aliphatic rings. The van der Waals surface area contributed by atoms with Crippen LogP contribution in [0.5, 0.6) is 5.75 Å².